The number of anilines is 1. The number of hydrogen-bond donors (Lipinski definition) is 0. The van der Waals surface area contributed by atoms with Crippen LogP contribution >= 0.6 is 15.9 Å². The van der Waals surface area contributed by atoms with Gasteiger partial charge in [0.15, 0.2) is 11.5 Å². The van der Waals surface area contributed by atoms with Gasteiger partial charge >= 0.3 is 0 Å². The number of fused-ring (bicyclic) bond motifs is 1. The van der Waals surface area contributed by atoms with Crippen molar-refractivity contribution in [3.63, 3.8) is 0 Å². The third-order valence-electron chi connectivity index (χ3n) is 8.92. The van der Waals surface area contributed by atoms with E-state index in [1.165, 1.54) is 0 Å². The standard InChI is InChI=1S/C36H52BrN5O3Si2/c1-43-30-16-13-28(14-17-30)34-33(37)36(41(25-44-19-21-46(2,3)4)26-45-20-22-47(5,6)7)42-35(40-34)31(24-39-42)29-15-18-32(38-23-29)27-11-9-8-10-12-27/h8-12,15,18,23-24,28,30H,13-14,16-17,19-22,25-26H2,1-7H3/t28-,30+. The van der Waals surface area contributed by atoms with Gasteiger partial charge in [0.05, 0.1) is 28.2 Å². The van der Waals surface area contributed by atoms with E-state index in [0.29, 0.717) is 25.5 Å². The van der Waals surface area contributed by atoms with Crippen molar-refractivity contribution in [2.45, 2.75) is 89.1 Å². The van der Waals surface area contributed by atoms with Gasteiger partial charge in [-0.3, -0.25) is 4.98 Å². The lowest BCUT2D eigenvalue weighted by atomic mass is 9.85. The Morgan fingerprint density at radius 2 is 1.47 bits per heavy atom. The van der Waals surface area contributed by atoms with E-state index in [0.717, 1.165) is 95.0 Å². The van der Waals surface area contributed by atoms with Crippen LogP contribution in [0.1, 0.15) is 37.3 Å². The molecule has 0 radical (unpaired) electrons. The highest BCUT2D eigenvalue weighted by atomic mass is 79.9. The number of hydrogen-bond acceptors (Lipinski definition) is 7. The summed E-state index contributed by atoms with van der Waals surface area (Å²) in [6.45, 7) is 16.6. The number of methoxy groups -OCH3 is 1. The Morgan fingerprint density at radius 1 is 0.830 bits per heavy atom. The van der Waals surface area contributed by atoms with Crippen molar-refractivity contribution in [1.29, 1.82) is 0 Å². The number of rotatable bonds is 15. The predicted molar refractivity (Wildman–Crippen MR) is 202 cm³/mol. The number of benzene rings is 1. The molecule has 0 aliphatic heterocycles. The highest BCUT2D eigenvalue weighted by Crippen LogP contribution is 2.41. The van der Waals surface area contributed by atoms with Crippen LogP contribution in [0.15, 0.2) is 59.3 Å². The van der Waals surface area contributed by atoms with Gasteiger partial charge in [-0.15, -0.1) is 0 Å². The Labute approximate surface area is 291 Å². The van der Waals surface area contributed by atoms with Gasteiger partial charge in [0.1, 0.15) is 13.5 Å². The number of halogens is 1. The molecule has 1 aliphatic carbocycles. The van der Waals surface area contributed by atoms with Crippen molar-refractivity contribution < 1.29 is 14.2 Å². The van der Waals surface area contributed by atoms with Crippen molar-refractivity contribution in [2.75, 3.05) is 38.7 Å². The maximum absolute atomic E-state index is 6.37. The molecule has 1 aliphatic rings. The number of aromatic nitrogens is 4. The Kier molecular flexibility index (Phi) is 12.1. The molecule has 3 aromatic heterocycles. The van der Waals surface area contributed by atoms with Crippen molar-refractivity contribution in [3.05, 3.63) is 65.0 Å². The molecule has 254 valence electrons. The minimum Gasteiger partial charge on any atom is -0.381 e. The fraction of sp³-hybridized carbons (Fsp3) is 0.528. The average molecular weight is 739 g/mol. The molecule has 0 N–H and O–H groups in total. The van der Waals surface area contributed by atoms with Crippen LogP contribution in [-0.2, 0) is 14.2 Å². The smallest absolute Gasteiger partial charge is 0.165 e. The first-order chi connectivity index (χ1) is 22.4. The molecule has 8 nitrogen and oxygen atoms in total. The van der Waals surface area contributed by atoms with Gasteiger partial charge in [0.2, 0.25) is 0 Å². The molecular formula is C36H52BrN5O3Si2. The first kappa shape index (κ1) is 35.9. The molecule has 11 heteroatoms. The highest BCUT2D eigenvalue weighted by molar-refractivity contribution is 9.10. The van der Waals surface area contributed by atoms with Gasteiger partial charge in [0.25, 0.3) is 0 Å². The van der Waals surface area contributed by atoms with Gasteiger partial charge in [-0.25, -0.2) is 4.98 Å². The van der Waals surface area contributed by atoms with E-state index in [2.05, 4.69) is 84.4 Å². The third-order valence-corrected chi connectivity index (χ3v) is 13.1. The maximum Gasteiger partial charge on any atom is 0.165 e. The van der Waals surface area contributed by atoms with Crippen LogP contribution in [-0.4, -0.2) is 75.6 Å². The fourth-order valence-electron chi connectivity index (χ4n) is 5.89. The molecule has 4 aromatic rings. The van der Waals surface area contributed by atoms with Crippen LogP contribution in [0.25, 0.3) is 28.0 Å². The van der Waals surface area contributed by atoms with Crippen molar-refractivity contribution in [2.24, 2.45) is 0 Å². The van der Waals surface area contributed by atoms with E-state index >= 15 is 0 Å². The molecule has 1 fully saturated rings. The molecular weight excluding hydrogens is 687 g/mol. The second kappa shape index (κ2) is 15.9. The van der Waals surface area contributed by atoms with Crippen LogP contribution in [0.2, 0.25) is 51.4 Å². The summed E-state index contributed by atoms with van der Waals surface area (Å²) in [5.74, 6) is 1.23. The molecule has 0 amide bonds. The normalized spacial score (nSPS) is 17.4. The summed E-state index contributed by atoms with van der Waals surface area (Å²) in [6, 6.07) is 16.7. The minimum atomic E-state index is -1.24. The summed E-state index contributed by atoms with van der Waals surface area (Å²) in [5.41, 5.74) is 5.85. The van der Waals surface area contributed by atoms with Crippen LogP contribution in [0.3, 0.4) is 0 Å². The van der Waals surface area contributed by atoms with E-state index in [9.17, 15) is 0 Å². The minimum absolute atomic E-state index is 0.309. The van der Waals surface area contributed by atoms with E-state index in [1.54, 1.807) is 0 Å². The second-order valence-electron chi connectivity index (χ2n) is 15.2. The monoisotopic (exact) mass is 737 g/mol. The van der Waals surface area contributed by atoms with Crippen LogP contribution < -0.4 is 4.90 Å². The van der Waals surface area contributed by atoms with Crippen molar-refractivity contribution >= 4 is 43.5 Å². The van der Waals surface area contributed by atoms with E-state index in [4.69, 9.17) is 29.3 Å². The second-order valence-corrected chi connectivity index (χ2v) is 27.2. The van der Waals surface area contributed by atoms with Gasteiger partial charge < -0.3 is 19.1 Å². The predicted octanol–water partition coefficient (Wildman–Crippen LogP) is 9.32. The Morgan fingerprint density at radius 3 is 2.02 bits per heavy atom. The van der Waals surface area contributed by atoms with Gasteiger partial charge in [-0.2, -0.15) is 9.61 Å². The topological polar surface area (TPSA) is 74.0 Å². The first-order valence-electron chi connectivity index (χ1n) is 17.0. The molecule has 0 spiro atoms. The summed E-state index contributed by atoms with van der Waals surface area (Å²) < 4.78 is 21.4. The van der Waals surface area contributed by atoms with Crippen LogP contribution in [0.4, 0.5) is 5.82 Å². The van der Waals surface area contributed by atoms with Gasteiger partial charge in [-0.05, 0) is 59.8 Å². The van der Waals surface area contributed by atoms with Crippen molar-refractivity contribution in [1.82, 2.24) is 19.6 Å². The lowest BCUT2D eigenvalue weighted by Crippen LogP contribution is -2.34. The molecule has 3 heterocycles. The maximum atomic E-state index is 6.37. The Hall–Kier alpha value is -2.42. The highest BCUT2D eigenvalue weighted by Gasteiger charge is 2.30. The largest absolute Gasteiger partial charge is 0.381 e. The van der Waals surface area contributed by atoms with Crippen LogP contribution in [0.5, 0.6) is 0 Å². The molecule has 0 atom stereocenters. The van der Waals surface area contributed by atoms with Crippen molar-refractivity contribution in [3.8, 4) is 22.4 Å². The molecule has 0 saturated heterocycles. The first-order valence-corrected chi connectivity index (χ1v) is 25.2. The quantitative estimate of drug-likeness (QED) is 0.0684. The lowest BCUT2D eigenvalue weighted by molar-refractivity contribution is 0.0654. The molecule has 0 unspecified atom stereocenters. The number of nitrogens with zero attached hydrogens (tertiary/aromatic N) is 5. The third kappa shape index (κ3) is 9.60. The number of ether oxygens (including phenoxy) is 3. The Balaban J connectivity index is 1.54. The van der Waals surface area contributed by atoms with E-state index in [1.807, 2.05) is 42.2 Å². The molecule has 0 bridgehead atoms. The Bertz CT molecular complexity index is 1560. The van der Waals surface area contributed by atoms with Gasteiger partial charge in [0, 0.05) is 65.3 Å². The van der Waals surface area contributed by atoms with Gasteiger partial charge in [-0.1, -0.05) is 75.7 Å². The molecule has 5 rings (SSSR count). The summed E-state index contributed by atoms with van der Waals surface area (Å²) >= 11 is 4.05. The summed E-state index contributed by atoms with van der Waals surface area (Å²) in [6.07, 6.45) is 8.25. The average Bonchev–Trinajstić information content (AvgIpc) is 3.47. The summed E-state index contributed by atoms with van der Waals surface area (Å²) in [5, 5.41) is 4.94. The molecule has 1 saturated carbocycles. The fourth-order valence-corrected chi connectivity index (χ4v) is 8.24. The SMILES string of the molecule is CO[C@H]1CC[C@@H](c2nc3c(-c4ccc(-c5ccccc5)nc4)cnn3c(N(COCC[Si](C)(C)C)COCC[Si](C)(C)C)c2Br)CC1. The summed E-state index contributed by atoms with van der Waals surface area (Å²) in [7, 11) is -0.657. The molecule has 1 aromatic carbocycles. The molecule has 47 heavy (non-hydrogen) atoms. The zero-order chi connectivity index (χ0) is 33.6. The zero-order valence-electron chi connectivity index (χ0n) is 29.3. The lowest BCUT2D eigenvalue weighted by Gasteiger charge is -2.31. The van der Waals surface area contributed by atoms with E-state index in [-0.39, 0.29) is 0 Å². The number of pyridine rings is 1. The summed E-state index contributed by atoms with van der Waals surface area (Å²) in [4.78, 5) is 12.4. The van der Waals surface area contributed by atoms with E-state index < -0.39 is 16.1 Å². The van der Waals surface area contributed by atoms with Crippen LogP contribution in [0, 0.1) is 0 Å². The zero-order valence-corrected chi connectivity index (χ0v) is 32.8.